The summed E-state index contributed by atoms with van der Waals surface area (Å²) in [6.45, 7) is 6.57. The van der Waals surface area contributed by atoms with Crippen molar-refractivity contribution in [1.82, 2.24) is 0 Å². The third kappa shape index (κ3) is 2.17. The van der Waals surface area contributed by atoms with E-state index in [1.165, 1.54) is 6.08 Å². The second-order valence-corrected chi connectivity index (χ2v) is 5.40. The molecule has 1 aliphatic carbocycles. The minimum atomic E-state index is -1.95. The maximum absolute atomic E-state index is 12.3. The van der Waals surface area contributed by atoms with E-state index in [0.717, 1.165) is 0 Å². The van der Waals surface area contributed by atoms with Crippen LogP contribution >= 0.6 is 0 Å². The first-order chi connectivity index (χ1) is 7.61. The highest BCUT2D eigenvalue weighted by molar-refractivity contribution is 5.99. The average molecular weight is 238 g/mol. The third-order valence-electron chi connectivity index (χ3n) is 2.99. The van der Waals surface area contributed by atoms with Crippen LogP contribution in [0.4, 0.5) is 0 Å². The first kappa shape index (κ1) is 13.6. The van der Waals surface area contributed by atoms with Crippen molar-refractivity contribution in [3.63, 3.8) is 0 Å². The molecule has 1 rings (SSSR count). The summed E-state index contributed by atoms with van der Waals surface area (Å²) < 4.78 is 0. The number of carbonyl (C=O) groups excluding carboxylic acids is 1. The number of allylic oxidation sites excluding steroid dienone is 2. The summed E-state index contributed by atoms with van der Waals surface area (Å²) in [5.41, 5.74) is -2.38. The molecule has 0 aliphatic heterocycles. The van der Waals surface area contributed by atoms with Gasteiger partial charge in [-0.25, -0.2) is 0 Å². The second kappa shape index (κ2) is 4.11. The van der Waals surface area contributed by atoms with Crippen LogP contribution in [-0.2, 0) is 9.59 Å². The van der Waals surface area contributed by atoms with E-state index < -0.39 is 28.7 Å². The fourth-order valence-electron chi connectivity index (χ4n) is 1.98. The maximum Gasteiger partial charge on any atom is 0.314 e. The van der Waals surface area contributed by atoms with E-state index in [4.69, 9.17) is 5.11 Å². The summed E-state index contributed by atoms with van der Waals surface area (Å²) in [5.74, 6) is -2.90. The molecule has 4 heteroatoms. The molecule has 2 unspecified atom stereocenters. The molecule has 1 aliphatic rings. The Morgan fingerprint density at radius 3 is 2.29 bits per heavy atom. The third-order valence-corrected chi connectivity index (χ3v) is 2.99. The number of aliphatic hydroxyl groups is 1. The standard InChI is InChI=1S/C13H18O4/c1-8-6-5-7-9(10(14)15)13(8,17)11(16)12(2,3)4/h5-7,9,17H,1-4H3,(H,14,15). The van der Waals surface area contributed by atoms with Gasteiger partial charge in [-0.2, -0.15) is 0 Å². The smallest absolute Gasteiger partial charge is 0.314 e. The lowest BCUT2D eigenvalue weighted by molar-refractivity contribution is -0.158. The van der Waals surface area contributed by atoms with Crippen molar-refractivity contribution in [2.75, 3.05) is 0 Å². The Bertz CT molecular complexity index is 412. The van der Waals surface area contributed by atoms with E-state index in [1.807, 2.05) is 0 Å². The number of carbonyl (C=O) groups is 2. The summed E-state index contributed by atoms with van der Waals surface area (Å²) >= 11 is 0. The summed E-state index contributed by atoms with van der Waals surface area (Å²) in [7, 11) is 0. The van der Waals surface area contributed by atoms with Crippen LogP contribution in [0.15, 0.2) is 23.8 Å². The van der Waals surface area contributed by atoms with E-state index in [1.54, 1.807) is 39.8 Å². The van der Waals surface area contributed by atoms with Crippen molar-refractivity contribution >= 4 is 11.8 Å². The molecule has 0 aromatic rings. The number of hydrogen-bond donors (Lipinski definition) is 2. The van der Waals surface area contributed by atoms with Crippen molar-refractivity contribution in [3.05, 3.63) is 23.8 Å². The topological polar surface area (TPSA) is 74.6 Å². The summed E-state index contributed by atoms with van der Waals surface area (Å²) in [6.07, 6.45) is 4.47. The molecular weight excluding hydrogens is 220 g/mol. The zero-order chi connectivity index (χ0) is 13.4. The van der Waals surface area contributed by atoms with Crippen LogP contribution in [0.25, 0.3) is 0 Å². The lowest BCUT2D eigenvalue weighted by atomic mass is 9.68. The van der Waals surface area contributed by atoms with Crippen LogP contribution < -0.4 is 0 Å². The van der Waals surface area contributed by atoms with E-state index >= 15 is 0 Å². The van der Waals surface area contributed by atoms with Crippen molar-refractivity contribution < 1.29 is 19.8 Å². The zero-order valence-corrected chi connectivity index (χ0v) is 10.5. The van der Waals surface area contributed by atoms with Crippen LogP contribution in [0.2, 0.25) is 0 Å². The van der Waals surface area contributed by atoms with E-state index in [9.17, 15) is 14.7 Å². The molecule has 2 N–H and O–H groups in total. The van der Waals surface area contributed by atoms with Gasteiger partial charge in [-0.3, -0.25) is 9.59 Å². The van der Waals surface area contributed by atoms with Gasteiger partial charge in [0.2, 0.25) is 0 Å². The molecule has 94 valence electrons. The van der Waals surface area contributed by atoms with E-state index in [-0.39, 0.29) is 0 Å². The van der Waals surface area contributed by atoms with Crippen LogP contribution in [0.5, 0.6) is 0 Å². The quantitative estimate of drug-likeness (QED) is 0.765. The Labute approximate surface area is 101 Å². The van der Waals surface area contributed by atoms with Crippen LogP contribution in [0, 0.1) is 11.3 Å². The Morgan fingerprint density at radius 1 is 1.35 bits per heavy atom. The second-order valence-electron chi connectivity index (χ2n) is 5.40. The van der Waals surface area contributed by atoms with Gasteiger partial charge in [0.1, 0.15) is 5.92 Å². The van der Waals surface area contributed by atoms with Crippen molar-refractivity contribution in [2.45, 2.75) is 33.3 Å². The number of carboxylic acids is 1. The summed E-state index contributed by atoms with van der Waals surface area (Å²) in [5, 5.41) is 19.6. The fraction of sp³-hybridized carbons (Fsp3) is 0.538. The molecule has 0 spiro atoms. The molecule has 0 saturated heterocycles. The van der Waals surface area contributed by atoms with E-state index in [0.29, 0.717) is 5.57 Å². The number of aliphatic carboxylic acids is 1. The highest BCUT2D eigenvalue weighted by Crippen LogP contribution is 2.37. The van der Waals surface area contributed by atoms with Gasteiger partial charge in [-0.1, -0.05) is 39.0 Å². The molecule has 0 aromatic heterocycles. The minimum Gasteiger partial charge on any atom is -0.481 e. The first-order valence-corrected chi connectivity index (χ1v) is 5.47. The Hall–Kier alpha value is -1.42. The molecule has 0 heterocycles. The van der Waals surface area contributed by atoms with E-state index in [2.05, 4.69) is 0 Å². The zero-order valence-electron chi connectivity index (χ0n) is 10.5. The summed E-state index contributed by atoms with van der Waals surface area (Å²) in [4.78, 5) is 23.4. The van der Waals surface area contributed by atoms with Gasteiger partial charge in [-0.05, 0) is 12.5 Å². The molecule has 17 heavy (non-hydrogen) atoms. The number of ketones is 1. The summed E-state index contributed by atoms with van der Waals surface area (Å²) in [6, 6.07) is 0. The predicted octanol–water partition coefficient (Wildman–Crippen LogP) is 1.55. The molecule has 0 aromatic carbocycles. The number of rotatable bonds is 2. The molecule has 0 fully saturated rings. The monoisotopic (exact) mass is 238 g/mol. The molecule has 0 saturated carbocycles. The van der Waals surface area contributed by atoms with Gasteiger partial charge in [0.05, 0.1) is 0 Å². The van der Waals surface area contributed by atoms with Gasteiger partial charge in [0, 0.05) is 5.41 Å². The van der Waals surface area contributed by atoms with Gasteiger partial charge < -0.3 is 10.2 Å². The van der Waals surface area contributed by atoms with Crippen molar-refractivity contribution in [1.29, 1.82) is 0 Å². The van der Waals surface area contributed by atoms with Crippen LogP contribution in [0.1, 0.15) is 27.7 Å². The highest BCUT2D eigenvalue weighted by Gasteiger charge is 2.52. The molecule has 4 nitrogen and oxygen atoms in total. The number of Topliss-reactive ketones (excluding diaryl/α,β-unsaturated/α-hetero) is 1. The lowest BCUT2D eigenvalue weighted by Crippen LogP contribution is -2.54. The number of carboxylic acid groups (broad SMARTS) is 1. The van der Waals surface area contributed by atoms with Gasteiger partial charge in [-0.15, -0.1) is 0 Å². The SMILES string of the molecule is CC1=CC=CC(C(=O)O)C1(O)C(=O)C(C)(C)C. The molecule has 0 amide bonds. The van der Waals surface area contributed by atoms with Crippen LogP contribution in [-0.4, -0.2) is 27.6 Å². The fourth-order valence-corrected chi connectivity index (χ4v) is 1.98. The van der Waals surface area contributed by atoms with Crippen LogP contribution in [0.3, 0.4) is 0 Å². The minimum absolute atomic E-state index is 0.368. The molecule has 2 atom stereocenters. The first-order valence-electron chi connectivity index (χ1n) is 5.47. The normalized spacial score (nSPS) is 28.8. The van der Waals surface area contributed by atoms with Crippen molar-refractivity contribution in [2.24, 2.45) is 11.3 Å². The van der Waals surface area contributed by atoms with Crippen molar-refractivity contribution in [3.8, 4) is 0 Å². The van der Waals surface area contributed by atoms with Gasteiger partial charge >= 0.3 is 5.97 Å². The largest absolute Gasteiger partial charge is 0.481 e. The van der Waals surface area contributed by atoms with Gasteiger partial charge in [0.25, 0.3) is 0 Å². The Balaban J connectivity index is 3.31. The van der Waals surface area contributed by atoms with Gasteiger partial charge in [0.15, 0.2) is 11.4 Å². The maximum atomic E-state index is 12.3. The Kier molecular flexibility index (Phi) is 3.30. The molecule has 0 radical (unpaired) electrons. The lowest BCUT2D eigenvalue weighted by Gasteiger charge is -2.38. The Morgan fingerprint density at radius 2 is 1.88 bits per heavy atom. The molecule has 0 bridgehead atoms. The highest BCUT2D eigenvalue weighted by atomic mass is 16.4. The average Bonchev–Trinajstić information content (AvgIpc) is 2.19. The molecular formula is C13H18O4. The number of hydrogen-bond acceptors (Lipinski definition) is 3. The predicted molar refractivity (Wildman–Crippen MR) is 63.4 cm³/mol.